The largest absolute Gasteiger partial charge is 0.378 e. The standard InChI is InChI=1S/C25H22BrN3O/c1-17-5-4-6-19(15-17)24-27-23(16-18-7-11-21(12-8-18)28(2)3)25(30)29(24)22-13-9-20(26)10-14-22/h4-16H,1-3H3. The Bertz CT molecular complexity index is 1150. The maximum atomic E-state index is 13.4. The van der Waals surface area contributed by atoms with Crippen LogP contribution in [0, 0.1) is 6.92 Å². The van der Waals surface area contributed by atoms with Gasteiger partial charge in [-0.2, -0.15) is 0 Å². The van der Waals surface area contributed by atoms with Crippen LogP contribution in [0.4, 0.5) is 11.4 Å². The first-order valence-electron chi connectivity index (χ1n) is 9.67. The van der Waals surface area contributed by atoms with Crippen LogP contribution in [-0.4, -0.2) is 25.8 Å². The summed E-state index contributed by atoms with van der Waals surface area (Å²) < 4.78 is 0.962. The van der Waals surface area contributed by atoms with Crippen molar-refractivity contribution in [3.8, 4) is 0 Å². The van der Waals surface area contributed by atoms with Crippen LogP contribution < -0.4 is 9.80 Å². The van der Waals surface area contributed by atoms with E-state index in [1.54, 1.807) is 4.90 Å². The zero-order chi connectivity index (χ0) is 21.3. The number of hydrogen-bond donors (Lipinski definition) is 0. The van der Waals surface area contributed by atoms with E-state index >= 15 is 0 Å². The fourth-order valence-corrected chi connectivity index (χ4v) is 3.62. The van der Waals surface area contributed by atoms with Crippen LogP contribution in [0.2, 0.25) is 0 Å². The van der Waals surface area contributed by atoms with Crippen molar-refractivity contribution in [3.05, 3.63) is 99.7 Å². The zero-order valence-electron chi connectivity index (χ0n) is 17.1. The molecule has 0 radical (unpaired) electrons. The second-order valence-electron chi connectivity index (χ2n) is 7.44. The number of hydrogen-bond acceptors (Lipinski definition) is 3. The Hall–Kier alpha value is -3.18. The third kappa shape index (κ3) is 4.07. The van der Waals surface area contributed by atoms with Gasteiger partial charge in [-0.05, 0) is 61.0 Å². The summed E-state index contributed by atoms with van der Waals surface area (Å²) in [6, 6.07) is 23.8. The maximum absolute atomic E-state index is 13.4. The summed E-state index contributed by atoms with van der Waals surface area (Å²) in [4.78, 5) is 21.8. The highest BCUT2D eigenvalue weighted by atomic mass is 79.9. The van der Waals surface area contributed by atoms with Crippen LogP contribution in [0.3, 0.4) is 0 Å². The second kappa shape index (κ2) is 8.28. The van der Waals surface area contributed by atoms with Gasteiger partial charge in [-0.3, -0.25) is 9.69 Å². The van der Waals surface area contributed by atoms with Gasteiger partial charge in [0.2, 0.25) is 0 Å². The molecule has 1 heterocycles. The van der Waals surface area contributed by atoms with Crippen molar-refractivity contribution in [1.29, 1.82) is 0 Å². The lowest BCUT2D eigenvalue weighted by molar-refractivity contribution is -0.113. The Labute approximate surface area is 185 Å². The van der Waals surface area contributed by atoms with Crippen molar-refractivity contribution in [2.75, 3.05) is 23.9 Å². The van der Waals surface area contributed by atoms with E-state index in [2.05, 4.69) is 15.9 Å². The molecule has 0 fully saturated rings. The molecule has 0 atom stereocenters. The molecule has 4 rings (SSSR count). The van der Waals surface area contributed by atoms with E-state index < -0.39 is 0 Å². The molecule has 0 saturated heterocycles. The lowest BCUT2D eigenvalue weighted by atomic mass is 10.1. The zero-order valence-corrected chi connectivity index (χ0v) is 18.7. The Balaban J connectivity index is 1.78. The monoisotopic (exact) mass is 459 g/mol. The highest BCUT2D eigenvalue weighted by molar-refractivity contribution is 9.10. The van der Waals surface area contributed by atoms with Crippen LogP contribution in [0.1, 0.15) is 16.7 Å². The highest BCUT2D eigenvalue weighted by Crippen LogP contribution is 2.29. The molecule has 150 valence electrons. The first-order valence-corrected chi connectivity index (χ1v) is 10.5. The Morgan fingerprint density at radius 3 is 2.30 bits per heavy atom. The second-order valence-corrected chi connectivity index (χ2v) is 8.35. The normalized spacial score (nSPS) is 14.9. The number of anilines is 2. The summed E-state index contributed by atoms with van der Waals surface area (Å²) in [7, 11) is 4.00. The van der Waals surface area contributed by atoms with Crippen molar-refractivity contribution in [1.82, 2.24) is 0 Å². The van der Waals surface area contributed by atoms with Crippen LogP contribution in [-0.2, 0) is 4.79 Å². The van der Waals surface area contributed by atoms with E-state index in [0.29, 0.717) is 11.5 Å². The summed E-state index contributed by atoms with van der Waals surface area (Å²) in [6.45, 7) is 2.04. The number of carbonyl (C=O) groups is 1. The summed E-state index contributed by atoms with van der Waals surface area (Å²) in [6.07, 6.45) is 1.84. The van der Waals surface area contributed by atoms with Gasteiger partial charge in [-0.15, -0.1) is 0 Å². The molecule has 0 bridgehead atoms. The summed E-state index contributed by atoms with van der Waals surface area (Å²) in [5.41, 5.74) is 5.29. The highest BCUT2D eigenvalue weighted by Gasteiger charge is 2.32. The molecule has 4 nitrogen and oxygen atoms in total. The first kappa shape index (κ1) is 20.1. The predicted molar refractivity (Wildman–Crippen MR) is 128 cm³/mol. The molecule has 1 aliphatic rings. The Morgan fingerprint density at radius 2 is 1.67 bits per heavy atom. The van der Waals surface area contributed by atoms with Gasteiger partial charge in [0.05, 0.1) is 5.69 Å². The topological polar surface area (TPSA) is 35.9 Å². The first-order chi connectivity index (χ1) is 14.4. The van der Waals surface area contributed by atoms with Gasteiger partial charge in [0.1, 0.15) is 11.5 Å². The number of halogens is 1. The quantitative estimate of drug-likeness (QED) is 0.472. The van der Waals surface area contributed by atoms with Crippen molar-refractivity contribution in [2.45, 2.75) is 6.92 Å². The molecule has 0 N–H and O–H groups in total. The van der Waals surface area contributed by atoms with E-state index in [1.807, 2.05) is 105 Å². The van der Waals surface area contributed by atoms with Gasteiger partial charge >= 0.3 is 0 Å². The average Bonchev–Trinajstić information content (AvgIpc) is 3.05. The number of amidine groups is 1. The fourth-order valence-electron chi connectivity index (χ4n) is 3.35. The molecule has 0 aliphatic carbocycles. The van der Waals surface area contributed by atoms with Gasteiger partial charge < -0.3 is 4.90 Å². The minimum absolute atomic E-state index is 0.134. The van der Waals surface area contributed by atoms with Crippen LogP contribution in [0.15, 0.2) is 88.0 Å². The van der Waals surface area contributed by atoms with Crippen molar-refractivity contribution in [2.24, 2.45) is 4.99 Å². The van der Waals surface area contributed by atoms with Gasteiger partial charge in [0.25, 0.3) is 5.91 Å². The minimum Gasteiger partial charge on any atom is -0.378 e. The molecule has 0 unspecified atom stereocenters. The summed E-state index contributed by atoms with van der Waals surface area (Å²) in [5, 5.41) is 0. The van der Waals surface area contributed by atoms with E-state index in [1.165, 1.54) is 0 Å². The molecule has 30 heavy (non-hydrogen) atoms. The predicted octanol–water partition coefficient (Wildman–Crippen LogP) is 5.66. The van der Waals surface area contributed by atoms with Crippen molar-refractivity contribution < 1.29 is 4.79 Å². The van der Waals surface area contributed by atoms with Gasteiger partial charge in [0, 0.05) is 29.8 Å². The average molecular weight is 460 g/mol. The van der Waals surface area contributed by atoms with E-state index in [0.717, 1.165) is 32.5 Å². The third-order valence-corrected chi connectivity index (χ3v) is 5.46. The molecular formula is C25H22BrN3O. The molecular weight excluding hydrogens is 438 g/mol. The van der Waals surface area contributed by atoms with Gasteiger partial charge in [0.15, 0.2) is 0 Å². The fraction of sp³-hybridized carbons (Fsp3) is 0.120. The Morgan fingerprint density at radius 1 is 0.967 bits per heavy atom. The number of carbonyl (C=O) groups excluding carboxylic acids is 1. The number of benzene rings is 3. The van der Waals surface area contributed by atoms with Crippen molar-refractivity contribution in [3.63, 3.8) is 0 Å². The number of rotatable bonds is 4. The van der Waals surface area contributed by atoms with Gasteiger partial charge in [-0.25, -0.2) is 4.99 Å². The molecule has 3 aromatic rings. The van der Waals surface area contributed by atoms with Crippen molar-refractivity contribution >= 4 is 45.1 Å². The molecule has 0 saturated carbocycles. The van der Waals surface area contributed by atoms with E-state index in [-0.39, 0.29) is 5.91 Å². The van der Waals surface area contributed by atoms with E-state index in [4.69, 9.17) is 4.99 Å². The van der Waals surface area contributed by atoms with Gasteiger partial charge in [-0.1, -0.05) is 51.8 Å². The molecule has 0 spiro atoms. The lowest BCUT2D eigenvalue weighted by Crippen LogP contribution is -2.32. The Kier molecular flexibility index (Phi) is 5.55. The number of aliphatic imine (C=N–C) groups is 1. The minimum atomic E-state index is -0.134. The number of amides is 1. The molecule has 3 aromatic carbocycles. The molecule has 0 aromatic heterocycles. The molecule has 5 heteroatoms. The molecule has 1 amide bonds. The summed E-state index contributed by atoms with van der Waals surface area (Å²) >= 11 is 3.46. The van der Waals surface area contributed by atoms with Crippen LogP contribution in [0.5, 0.6) is 0 Å². The SMILES string of the molecule is Cc1cccc(C2=NC(=Cc3ccc(N(C)C)cc3)C(=O)N2c2ccc(Br)cc2)c1. The third-order valence-electron chi connectivity index (χ3n) is 4.93. The maximum Gasteiger partial charge on any atom is 0.282 e. The van der Waals surface area contributed by atoms with Crippen LogP contribution in [0.25, 0.3) is 6.08 Å². The van der Waals surface area contributed by atoms with E-state index in [9.17, 15) is 4.79 Å². The number of aryl methyl sites for hydroxylation is 1. The smallest absolute Gasteiger partial charge is 0.282 e. The lowest BCUT2D eigenvalue weighted by Gasteiger charge is -2.19. The number of nitrogens with zero attached hydrogens (tertiary/aromatic N) is 3. The molecule has 1 aliphatic heterocycles. The summed E-state index contributed by atoms with van der Waals surface area (Å²) in [5.74, 6) is 0.507. The van der Waals surface area contributed by atoms with Crippen LogP contribution >= 0.6 is 15.9 Å².